The summed E-state index contributed by atoms with van der Waals surface area (Å²) in [6.45, 7) is 4.89. The summed E-state index contributed by atoms with van der Waals surface area (Å²) in [5, 5.41) is 6.47. The van der Waals surface area contributed by atoms with E-state index >= 15 is 0 Å². The van der Waals surface area contributed by atoms with Crippen LogP contribution in [0.25, 0.3) is 0 Å². The molecule has 1 fully saturated rings. The van der Waals surface area contributed by atoms with Crippen LogP contribution < -0.4 is 10.6 Å². The molecule has 2 N–H and O–H groups in total. The van der Waals surface area contributed by atoms with E-state index in [1.54, 1.807) is 6.20 Å². The molecule has 0 aliphatic carbocycles. The number of amides is 1. The third-order valence-corrected chi connectivity index (χ3v) is 3.70. The predicted octanol–water partition coefficient (Wildman–Crippen LogP) is 2.37. The number of hydrogen-bond acceptors (Lipinski definition) is 3. The fourth-order valence-electron chi connectivity index (χ4n) is 2.28. The lowest BCUT2D eigenvalue weighted by Gasteiger charge is -2.29. The Bertz CT molecular complexity index is 430. The number of anilines is 1. The first kappa shape index (κ1) is 13.3. The van der Waals surface area contributed by atoms with Gasteiger partial charge in [-0.2, -0.15) is 0 Å². The molecule has 0 saturated carbocycles. The van der Waals surface area contributed by atoms with Crippen LogP contribution in [-0.4, -0.2) is 23.5 Å². The van der Waals surface area contributed by atoms with Crippen LogP contribution in [0.5, 0.6) is 0 Å². The zero-order valence-corrected chi connectivity index (χ0v) is 11.4. The van der Waals surface area contributed by atoms with Crippen molar-refractivity contribution in [3.8, 4) is 0 Å². The summed E-state index contributed by atoms with van der Waals surface area (Å²) in [6, 6.07) is 1.69. The summed E-state index contributed by atoms with van der Waals surface area (Å²) in [5.41, 5.74) is 1.54. The highest BCUT2D eigenvalue weighted by molar-refractivity contribution is 6.32. The summed E-state index contributed by atoms with van der Waals surface area (Å²) in [5.74, 6) is 0.315. The standard InChI is InChI=1S/C13H18ClN3O/c1-8-4-3-6-15-11(8)13(18)17-10-9(2)5-7-16-12(10)14/h5,7-8,11,15H,3-4,6H2,1-2H3,(H,17,18). The van der Waals surface area contributed by atoms with Crippen molar-refractivity contribution in [1.82, 2.24) is 10.3 Å². The van der Waals surface area contributed by atoms with Gasteiger partial charge in [0.15, 0.2) is 5.15 Å². The Morgan fingerprint density at radius 3 is 3.06 bits per heavy atom. The highest BCUT2D eigenvalue weighted by atomic mass is 35.5. The number of nitrogens with one attached hydrogen (secondary N) is 2. The minimum absolute atomic E-state index is 0.0276. The van der Waals surface area contributed by atoms with Crippen molar-refractivity contribution in [1.29, 1.82) is 0 Å². The second-order valence-corrected chi connectivity index (χ2v) is 5.19. The highest BCUT2D eigenvalue weighted by Crippen LogP contribution is 2.24. The molecule has 1 saturated heterocycles. The minimum atomic E-state index is -0.144. The van der Waals surface area contributed by atoms with Crippen molar-refractivity contribution >= 4 is 23.2 Å². The molecule has 1 aromatic heterocycles. The highest BCUT2D eigenvalue weighted by Gasteiger charge is 2.28. The van der Waals surface area contributed by atoms with Gasteiger partial charge in [-0.05, 0) is 43.9 Å². The van der Waals surface area contributed by atoms with Crippen LogP contribution in [0.1, 0.15) is 25.3 Å². The maximum absolute atomic E-state index is 12.2. The Balaban J connectivity index is 2.11. The number of aromatic nitrogens is 1. The maximum atomic E-state index is 12.2. The van der Waals surface area contributed by atoms with Gasteiger partial charge in [-0.3, -0.25) is 4.79 Å². The number of hydrogen-bond donors (Lipinski definition) is 2. The smallest absolute Gasteiger partial charge is 0.241 e. The number of rotatable bonds is 2. The lowest BCUT2D eigenvalue weighted by atomic mass is 9.92. The van der Waals surface area contributed by atoms with Gasteiger partial charge in [-0.1, -0.05) is 18.5 Å². The van der Waals surface area contributed by atoms with E-state index in [-0.39, 0.29) is 11.9 Å². The summed E-state index contributed by atoms with van der Waals surface area (Å²) >= 11 is 6.00. The van der Waals surface area contributed by atoms with Gasteiger partial charge in [-0.15, -0.1) is 0 Å². The van der Waals surface area contributed by atoms with E-state index in [2.05, 4.69) is 22.5 Å². The van der Waals surface area contributed by atoms with Gasteiger partial charge in [0.05, 0.1) is 11.7 Å². The van der Waals surface area contributed by atoms with Gasteiger partial charge in [0.2, 0.25) is 5.91 Å². The van der Waals surface area contributed by atoms with Crippen molar-refractivity contribution in [2.24, 2.45) is 5.92 Å². The van der Waals surface area contributed by atoms with Crippen molar-refractivity contribution in [3.05, 3.63) is 23.0 Å². The first-order valence-electron chi connectivity index (χ1n) is 6.25. The van der Waals surface area contributed by atoms with Crippen LogP contribution >= 0.6 is 11.6 Å². The van der Waals surface area contributed by atoms with E-state index in [0.29, 0.717) is 16.8 Å². The van der Waals surface area contributed by atoms with Crippen LogP contribution in [0.3, 0.4) is 0 Å². The van der Waals surface area contributed by atoms with Crippen molar-refractivity contribution < 1.29 is 4.79 Å². The van der Waals surface area contributed by atoms with E-state index in [1.807, 2.05) is 13.0 Å². The summed E-state index contributed by atoms with van der Waals surface area (Å²) in [4.78, 5) is 16.2. The van der Waals surface area contributed by atoms with E-state index in [0.717, 1.165) is 24.9 Å². The third kappa shape index (κ3) is 2.82. The molecule has 0 aromatic carbocycles. The first-order chi connectivity index (χ1) is 8.59. The molecule has 0 bridgehead atoms. The van der Waals surface area contributed by atoms with Gasteiger partial charge >= 0.3 is 0 Å². The van der Waals surface area contributed by atoms with Crippen LogP contribution in [0, 0.1) is 12.8 Å². The molecule has 4 nitrogen and oxygen atoms in total. The Kier molecular flexibility index (Phi) is 4.19. The lowest BCUT2D eigenvalue weighted by Crippen LogP contribution is -2.48. The first-order valence-corrected chi connectivity index (χ1v) is 6.62. The minimum Gasteiger partial charge on any atom is -0.322 e. The zero-order valence-electron chi connectivity index (χ0n) is 10.7. The van der Waals surface area contributed by atoms with Gasteiger partial charge in [0, 0.05) is 6.20 Å². The SMILES string of the molecule is Cc1ccnc(Cl)c1NC(=O)C1NCCCC1C. The molecule has 2 heterocycles. The molecule has 98 valence electrons. The molecule has 2 rings (SSSR count). The van der Waals surface area contributed by atoms with Crippen LogP contribution in [0.2, 0.25) is 5.15 Å². The van der Waals surface area contributed by atoms with Crippen molar-refractivity contribution in [3.63, 3.8) is 0 Å². The number of piperidine rings is 1. The largest absolute Gasteiger partial charge is 0.322 e. The van der Waals surface area contributed by atoms with E-state index < -0.39 is 0 Å². The molecule has 5 heteroatoms. The average Bonchev–Trinajstić information content (AvgIpc) is 2.34. The Morgan fingerprint density at radius 2 is 2.39 bits per heavy atom. The number of carbonyl (C=O) groups excluding carboxylic acids is 1. The Morgan fingerprint density at radius 1 is 1.61 bits per heavy atom. The normalized spacial score (nSPS) is 23.7. The fourth-order valence-corrected chi connectivity index (χ4v) is 2.53. The molecule has 0 spiro atoms. The molecular weight excluding hydrogens is 250 g/mol. The number of aryl methyl sites for hydroxylation is 1. The predicted molar refractivity (Wildman–Crippen MR) is 72.8 cm³/mol. The second-order valence-electron chi connectivity index (χ2n) is 4.83. The monoisotopic (exact) mass is 267 g/mol. The molecule has 2 unspecified atom stereocenters. The maximum Gasteiger partial charge on any atom is 0.241 e. The van der Waals surface area contributed by atoms with Crippen molar-refractivity contribution in [2.45, 2.75) is 32.7 Å². The molecule has 1 amide bonds. The molecule has 18 heavy (non-hydrogen) atoms. The van der Waals surface area contributed by atoms with Gasteiger partial charge < -0.3 is 10.6 Å². The fraction of sp³-hybridized carbons (Fsp3) is 0.538. The topological polar surface area (TPSA) is 54.0 Å². The molecule has 1 aliphatic heterocycles. The van der Waals surface area contributed by atoms with Gasteiger partial charge in [-0.25, -0.2) is 4.98 Å². The number of nitrogens with zero attached hydrogens (tertiary/aromatic N) is 1. The van der Waals surface area contributed by atoms with Gasteiger partial charge in [0.25, 0.3) is 0 Å². The zero-order chi connectivity index (χ0) is 13.1. The quantitative estimate of drug-likeness (QED) is 0.809. The van der Waals surface area contributed by atoms with E-state index in [1.165, 1.54) is 0 Å². The van der Waals surface area contributed by atoms with E-state index in [9.17, 15) is 4.79 Å². The van der Waals surface area contributed by atoms with Crippen molar-refractivity contribution in [2.75, 3.05) is 11.9 Å². The van der Waals surface area contributed by atoms with Gasteiger partial charge in [0.1, 0.15) is 0 Å². The summed E-state index contributed by atoms with van der Waals surface area (Å²) in [6.07, 6.45) is 3.83. The average molecular weight is 268 g/mol. The molecule has 1 aromatic rings. The number of carbonyl (C=O) groups is 1. The molecule has 0 radical (unpaired) electrons. The van der Waals surface area contributed by atoms with Crippen LogP contribution in [0.15, 0.2) is 12.3 Å². The molecular formula is C13H18ClN3O. The molecule has 1 aliphatic rings. The lowest BCUT2D eigenvalue weighted by molar-refractivity contribution is -0.119. The second kappa shape index (κ2) is 5.67. The Labute approximate surface area is 112 Å². The third-order valence-electron chi connectivity index (χ3n) is 3.41. The summed E-state index contributed by atoms with van der Waals surface area (Å²) in [7, 11) is 0. The summed E-state index contributed by atoms with van der Waals surface area (Å²) < 4.78 is 0. The number of pyridine rings is 1. The Hall–Kier alpha value is -1.13. The van der Waals surface area contributed by atoms with E-state index in [4.69, 9.17) is 11.6 Å². The van der Waals surface area contributed by atoms with Crippen LogP contribution in [0.4, 0.5) is 5.69 Å². The molecule has 2 atom stereocenters. The van der Waals surface area contributed by atoms with Crippen LogP contribution in [-0.2, 0) is 4.79 Å². The number of halogens is 1.